The van der Waals surface area contributed by atoms with Gasteiger partial charge in [0.2, 0.25) is 0 Å². The molecule has 0 radical (unpaired) electrons. The molecule has 0 aliphatic carbocycles. The summed E-state index contributed by atoms with van der Waals surface area (Å²) < 4.78 is 5.52. The van der Waals surface area contributed by atoms with E-state index in [1.807, 2.05) is 12.1 Å². The molecule has 1 rings (SSSR count). The van der Waals surface area contributed by atoms with Crippen LogP contribution in [0.25, 0.3) is 0 Å². The zero-order valence-corrected chi connectivity index (χ0v) is 10.6. The standard InChI is InChI=1S/C12H16Cl2O/c1-9(2)5-6-15-8-10-3-4-11(13)7-12(10)14/h3-4,7,9H,5-6,8H2,1-2H3. The summed E-state index contributed by atoms with van der Waals surface area (Å²) in [5.74, 6) is 0.672. The van der Waals surface area contributed by atoms with Crippen LogP contribution in [-0.4, -0.2) is 6.61 Å². The predicted molar refractivity (Wildman–Crippen MR) is 65.6 cm³/mol. The van der Waals surface area contributed by atoms with Crippen molar-refractivity contribution in [3.05, 3.63) is 33.8 Å². The van der Waals surface area contributed by atoms with Crippen LogP contribution in [0, 0.1) is 5.92 Å². The van der Waals surface area contributed by atoms with Crippen LogP contribution in [0.4, 0.5) is 0 Å². The Bertz CT molecular complexity index is 310. The van der Waals surface area contributed by atoms with Gasteiger partial charge in [-0.3, -0.25) is 0 Å². The van der Waals surface area contributed by atoms with Crippen molar-refractivity contribution in [3.63, 3.8) is 0 Å². The summed E-state index contributed by atoms with van der Waals surface area (Å²) in [4.78, 5) is 0. The fourth-order valence-electron chi connectivity index (χ4n) is 1.14. The third kappa shape index (κ3) is 4.87. The molecule has 1 nitrogen and oxygen atoms in total. The molecule has 1 aromatic rings. The van der Waals surface area contributed by atoms with Crippen molar-refractivity contribution in [2.24, 2.45) is 5.92 Å². The van der Waals surface area contributed by atoms with Gasteiger partial charge in [-0.25, -0.2) is 0 Å². The van der Waals surface area contributed by atoms with Gasteiger partial charge in [0.1, 0.15) is 0 Å². The molecule has 0 saturated heterocycles. The fraction of sp³-hybridized carbons (Fsp3) is 0.500. The number of halogens is 2. The van der Waals surface area contributed by atoms with Crippen LogP contribution in [0.3, 0.4) is 0 Å². The monoisotopic (exact) mass is 246 g/mol. The molecule has 0 heterocycles. The van der Waals surface area contributed by atoms with Crippen LogP contribution in [0.2, 0.25) is 10.0 Å². The summed E-state index contributed by atoms with van der Waals surface area (Å²) in [5, 5.41) is 1.33. The highest BCUT2D eigenvalue weighted by atomic mass is 35.5. The Labute approximate surface area is 101 Å². The molecule has 3 heteroatoms. The van der Waals surface area contributed by atoms with Crippen molar-refractivity contribution in [2.45, 2.75) is 26.9 Å². The van der Waals surface area contributed by atoms with Crippen molar-refractivity contribution in [2.75, 3.05) is 6.61 Å². The lowest BCUT2D eigenvalue weighted by molar-refractivity contribution is 0.111. The number of benzene rings is 1. The summed E-state index contributed by atoms with van der Waals surface area (Å²) >= 11 is 11.8. The normalized spacial score (nSPS) is 11.0. The van der Waals surface area contributed by atoms with Crippen LogP contribution in [0.1, 0.15) is 25.8 Å². The summed E-state index contributed by atoms with van der Waals surface area (Å²) in [6.07, 6.45) is 1.07. The highest BCUT2D eigenvalue weighted by molar-refractivity contribution is 6.35. The first-order valence-electron chi connectivity index (χ1n) is 5.11. The summed E-state index contributed by atoms with van der Waals surface area (Å²) in [7, 11) is 0. The van der Waals surface area contributed by atoms with Gasteiger partial charge in [0.15, 0.2) is 0 Å². The Morgan fingerprint density at radius 1 is 1.27 bits per heavy atom. The highest BCUT2D eigenvalue weighted by Crippen LogP contribution is 2.21. The maximum absolute atomic E-state index is 6.01. The molecule has 0 unspecified atom stereocenters. The lowest BCUT2D eigenvalue weighted by atomic mass is 10.1. The van der Waals surface area contributed by atoms with Crippen molar-refractivity contribution >= 4 is 23.2 Å². The van der Waals surface area contributed by atoms with Crippen molar-refractivity contribution in [1.29, 1.82) is 0 Å². The number of ether oxygens (including phenoxy) is 1. The van der Waals surface area contributed by atoms with E-state index in [9.17, 15) is 0 Å². The second kappa shape index (κ2) is 6.37. The molecule has 84 valence electrons. The van der Waals surface area contributed by atoms with Gasteiger partial charge in [-0.15, -0.1) is 0 Å². The third-order valence-corrected chi connectivity index (χ3v) is 2.70. The van der Waals surface area contributed by atoms with Gasteiger partial charge in [-0.1, -0.05) is 43.1 Å². The molecule has 0 fully saturated rings. The number of hydrogen-bond acceptors (Lipinski definition) is 1. The van der Waals surface area contributed by atoms with Gasteiger partial charge in [0, 0.05) is 16.7 Å². The van der Waals surface area contributed by atoms with E-state index in [2.05, 4.69) is 13.8 Å². The van der Waals surface area contributed by atoms with Crippen LogP contribution in [0.5, 0.6) is 0 Å². The van der Waals surface area contributed by atoms with E-state index in [0.29, 0.717) is 22.6 Å². The molecule has 0 aliphatic rings. The van der Waals surface area contributed by atoms with Crippen LogP contribution >= 0.6 is 23.2 Å². The van der Waals surface area contributed by atoms with E-state index in [1.54, 1.807) is 6.07 Å². The van der Waals surface area contributed by atoms with Crippen LogP contribution in [-0.2, 0) is 11.3 Å². The Balaban J connectivity index is 2.37. The molecule has 0 aliphatic heterocycles. The molecule has 0 atom stereocenters. The fourth-order valence-corrected chi connectivity index (χ4v) is 1.60. The zero-order valence-electron chi connectivity index (χ0n) is 9.09. The second-order valence-corrected chi connectivity index (χ2v) is 4.81. The van der Waals surface area contributed by atoms with E-state index in [4.69, 9.17) is 27.9 Å². The van der Waals surface area contributed by atoms with E-state index in [1.165, 1.54) is 0 Å². The lowest BCUT2D eigenvalue weighted by Gasteiger charge is -2.07. The molecule has 0 amide bonds. The minimum Gasteiger partial charge on any atom is -0.377 e. The Morgan fingerprint density at radius 3 is 2.60 bits per heavy atom. The van der Waals surface area contributed by atoms with Gasteiger partial charge in [0.05, 0.1) is 6.61 Å². The Morgan fingerprint density at radius 2 is 2.00 bits per heavy atom. The van der Waals surface area contributed by atoms with Gasteiger partial charge >= 0.3 is 0 Å². The quantitative estimate of drug-likeness (QED) is 0.693. The van der Waals surface area contributed by atoms with Gasteiger partial charge in [-0.2, -0.15) is 0 Å². The van der Waals surface area contributed by atoms with Crippen LogP contribution < -0.4 is 0 Å². The molecule has 0 spiro atoms. The highest BCUT2D eigenvalue weighted by Gasteiger charge is 2.01. The largest absolute Gasteiger partial charge is 0.377 e. The lowest BCUT2D eigenvalue weighted by Crippen LogP contribution is -1.99. The first-order valence-corrected chi connectivity index (χ1v) is 5.87. The van der Waals surface area contributed by atoms with E-state index >= 15 is 0 Å². The van der Waals surface area contributed by atoms with Gasteiger partial charge < -0.3 is 4.74 Å². The second-order valence-electron chi connectivity index (χ2n) is 3.97. The molecule has 15 heavy (non-hydrogen) atoms. The van der Waals surface area contributed by atoms with E-state index in [0.717, 1.165) is 18.6 Å². The third-order valence-electron chi connectivity index (χ3n) is 2.11. The Hall–Kier alpha value is -0.240. The molecule has 0 aromatic heterocycles. The molecule has 0 saturated carbocycles. The van der Waals surface area contributed by atoms with E-state index in [-0.39, 0.29) is 0 Å². The Kier molecular flexibility index (Phi) is 5.44. The topological polar surface area (TPSA) is 9.23 Å². The molecular weight excluding hydrogens is 231 g/mol. The van der Waals surface area contributed by atoms with E-state index < -0.39 is 0 Å². The summed E-state index contributed by atoms with van der Waals surface area (Å²) in [6.45, 7) is 5.69. The average Bonchev–Trinajstić information content (AvgIpc) is 2.14. The maximum atomic E-state index is 6.01. The number of rotatable bonds is 5. The minimum atomic E-state index is 0.558. The first kappa shape index (κ1) is 12.8. The van der Waals surface area contributed by atoms with Crippen molar-refractivity contribution in [3.8, 4) is 0 Å². The summed E-state index contributed by atoms with van der Waals surface area (Å²) in [6, 6.07) is 5.47. The van der Waals surface area contributed by atoms with Crippen molar-refractivity contribution in [1.82, 2.24) is 0 Å². The van der Waals surface area contributed by atoms with Crippen molar-refractivity contribution < 1.29 is 4.74 Å². The summed E-state index contributed by atoms with van der Waals surface area (Å²) in [5.41, 5.74) is 0.991. The minimum absolute atomic E-state index is 0.558. The SMILES string of the molecule is CC(C)CCOCc1ccc(Cl)cc1Cl. The predicted octanol–water partition coefficient (Wildman–Crippen LogP) is 4.56. The smallest absolute Gasteiger partial charge is 0.0731 e. The average molecular weight is 247 g/mol. The molecular formula is C12H16Cl2O. The molecule has 0 bridgehead atoms. The zero-order chi connectivity index (χ0) is 11.3. The van der Waals surface area contributed by atoms with Crippen LogP contribution in [0.15, 0.2) is 18.2 Å². The first-order chi connectivity index (χ1) is 7.09. The van der Waals surface area contributed by atoms with Gasteiger partial charge in [-0.05, 0) is 30.0 Å². The molecule has 1 aromatic carbocycles. The molecule has 0 N–H and O–H groups in total. The van der Waals surface area contributed by atoms with Gasteiger partial charge in [0.25, 0.3) is 0 Å². The maximum Gasteiger partial charge on any atom is 0.0731 e. The number of hydrogen-bond donors (Lipinski definition) is 0.